The number of allylic oxidation sites excluding steroid dienone is 6. The molecule has 0 fully saturated rings. The van der Waals surface area contributed by atoms with Crippen molar-refractivity contribution in [3.63, 3.8) is 0 Å². The van der Waals surface area contributed by atoms with Crippen LogP contribution in [0.5, 0.6) is 0 Å². The van der Waals surface area contributed by atoms with E-state index in [1.807, 2.05) is 21.1 Å². The Morgan fingerprint density at radius 1 is 0.534 bits per heavy atom. The summed E-state index contributed by atoms with van der Waals surface area (Å²) in [4.78, 5) is 25.1. The van der Waals surface area contributed by atoms with Crippen molar-refractivity contribution >= 4 is 13.8 Å². The molecule has 2 atom stereocenters. The molecule has 9 heteroatoms. The molecular formula is C49H94NO7P. The van der Waals surface area contributed by atoms with Crippen molar-refractivity contribution in [2.45, 2.75) is 219 Å². The summed E-state index contributed by atoms with van der Waals surface area (Å²) >= 11 is 0. The minimum absolute atomic E-state index is 0.0249. The molecule has 58 heavy (non-hydrogen) atoms. The fraction of sp³-hybridized carbons (Fsp3) is 0.857. The molecule has 342 valence electrons. The summed E-state index contributed by atoms with van der Waals surface area (Å²) in [5, 5.41) is 0. The lowest BCUT2D eigenvalue weighted by Gasteiger charge is -2.28. The number of phosphoric ester groups is 1. The van der Waals surface area contributed by atoms with Gasteiger partial charge in [-0.3, -0.25) is 9.36 Å². The summed E-state index contributed by atoms with van der Waals surface area (Å²) in [5.41, 5.74) is 0. The third kappa shape index (κ3) is 45.8. The van der Waals surface area contributed by atoms with Crippen LogP contribution in [0.4, 0.5) is 0 Å². The summed E-state index contributed by atoms with van der Waals surface area (Å²) in [7, 11) is 1.35. The van der Waals surface area contributed by atoms with Gasteiger partial charge in [0, 0.05) is 13.0 Å². The van der Waals surface area contributed by atoms with Crippen LogP contribution >= 0.6 is 7.82 Å². The summed E-state index contributed by atoms with van der Waals surface area (Å²) < 4.78 is 34.7. The number of hydrogen-bond donors (Lipinski definition) is 0. The van der Waals surface area contributed by atoms with Crippen molar-refractivity contribution in [1.82, 2.24) is 0 Å². The Hall–Kier alpha value is -1.28. The van der Waals surface area contributed by atoms with Crippen LogP contribution in [0.3, 0.4) is 0 Å². The number of nitrogens with zero attached hydrogens (tertiary/aromatic N) is 1. The van der Waals surface area contributed by atoms with Gasteiger partial charge in [-0.15, -0.1) is 0 Å². The summed E-state index contributed by atoms with van der Waals surface area (Å²) in [6, 6.07) is 0. The highest BCUT2D eigenvalue weighted by molar-refractivity contribution is 7.45. The highest BCUT2D eigenvalue weighted by atomic mass is 31.2. The van der Waals surface area contributed by atoms with Gasteiger partial charge < -0.3 is 27.9 Å². The second kappa shape index (κ2) is 42.4. The minimum Gasteiger partial charge on any atom is -0.756 e. The van der Waals surface area contributed by atoms with Crippen molar-refractivity contribution < 1.29 is 37.3 Å². The Morgan fingerprint density at radius 2 is 0.948 bits per heavy atom. The van der Waals surface area contributed by atoms with Crippen LogP contribution in [0, 0.1) is 0 Å². The lowest BCUT2D eigenvalue weighted by atomic mass is 10.0. The molecule has 0 aromatic carbocycles. The number of likely N-dealkylation sites (N-methyl/N-ethyl adjacent to an activating group) is 1. The molecule has 8 nitrogen and oxygen atoms in total. The second-order valence-electron chi connectivity index (χ2n) is 17.5. The van der Waals surface area contributed by atoms with Gasteiger partial charge in [-0.1, -0.05) is 192 Å². The maximum atomic E-state index is 12.7. The second-order valence-corrected chi connectivity index (χ2v) is 18.9. The molecule has 0 aromatic heterocycles. The number of ether oxygens (including phenoxy) is 2. The largest absolute Gasteiger partial charge is 0.756 e. The number of rotatable bonds is 45. The van der Waals surface area contributed by atoms with E-state index in [2.05, 4.69) is 50.3 Å². The molecule has 0 heterocycles. The van der Waals surface area contributed by atoms with E-state index in [1.54, 1.807) is 0 Å². The van der Waals surface area contributed by atoms with Crippen molar-refractivity contribution in [3.8, 4) is 0 Å². The zero-order valence-corrected chi connectivity index (χ0v) is 39.6. The van der Waals surface area contributed by atoms with E-state index in [-0.39, 0.29) is 25.8 Å². The highest BCUT2D eigenvalue weighted by Gasteiger charge is 2.20. The maximum Gasteiger partial charge on any atom is 0.306 e. The van der Waals surface area contributed by atoms with Crippen molar-refractivity contribution in [2.24, 2.45) is 0 Å². The summed E-state index contributed by atoms with van der Waals surface area (Å²) in [6.45, 7) is 5.39. The fourth-order valence-corrected chi connectivity index (χ4v) is 7.40. The first-order chi connectivity index (χ1) is 28.1. The van der Waals surface area contributed by atoms with E-state index in [4.69, 9.17) is 18.5 Å². The molecule has 0 N–H and O–H groups in total. The molecule has 0 aliphatic rings. The van der Waals surface area contributed by atoms with Crippen LogP contribution in [0.1, 0.15) is 213 Å². The smallest absolute Gasteiger partial charge is 0.306 e. The van der Waals surface area contributed by atoms with Gasteiger partial charge in [0.2, 0.25) is 0 Å². The Bertz CT molecular complexity index is 1020. The maximum absolute atomic E-state index is 12.7. The quantitative estimate of drug-likeness (QED) is 0.0198. The Balaban J connectivity index is 4.18. The van der Waals surface area contributed by atoms with Gasteiger partial charge in [0.05, 0.1) is 34.4 Å². The average Bonchev–Trinajstić information content (AvgIpc) is 3.18. The summed E-state index contributed by atoms with van der Waals surface area (Å²) in [5.74, 6) is -0.335. The topological polar surface area (TPSA) is 94.1 Å². The van der Waals surface area contributed by atoms with Gasteiger partial charge >= 0.3 is 5.97 Å². The number of unbranched alkanes of at least 4 members (excludes halogenated alkanes) is 25. The van der Waals surface area contributed by atoms with E-state index in [9.17, 15) is 14.3 Å². The first-order valence-corrected chi connectivity index (χ1v) is 25.7. The molecule has 0 saturated heterocycles. The molecule has 0 spiro atoms. The third-order valence-electron chi connectivity index (χ3n) is 10.4. The molecule has 0 saturated carbocycles. The van der Waals surface area contributed by atoms with Gasteiger partial charge in [-0.25, -0.2) is 0 Å². The lowest BCUT2D eigenvalue weighted by molar-refractivity contribution is -0.870. The van der Waals surface area contributed by atoms with Crippen LogP contribution in [0.2, 0.25) is 0 Å². The fourth-order valence-electron chi connectivity index (χ4n) is 6.67. The van der Waals surface area contributed by atoms with Crippen LogP contribution < -0.4 is 4.89 Å². The van der Waals surface area contributed by atoms with Crippen molar-refractivity contribution in [3.05, 3.63) is 36.5 Å². The number of esters is 1. The molecule has 0 aliphatic carbocycles. The molecule has 0 radical (unpaired) electrons. The molecule has 0 aromatic rings. The number of carbonyl (C=O) groups excluding carboxylic acids is 1. The van der Waals surface area contributed by atoms with Crippen LogP contribution in [-0.4, -0.2) is 70.7 Å². The van der Waals surface area contributed by atoms with E-state index < -0.39 is 13.9 Å². The molecular weight excluding hydrogens is 746 g/mol. The Labute approximate surface area is 359 Å². The number of phosphoric acid groups is 1. The molecule has 0 amide bonds. The third-order valence-corrected chi connectivity index (χ3v) is 11.4. The molecule has 0 rings (SSSR count). The van der Waals surface area contributed by atoms with Crippen LogP contribution in [-0.2, 0) is 27.9 Å². The summed E-state index contributed by atoms with van der Waals surface area (Å²) in [6.07, 6.45) is 50.1. The Kier molecular flexibility index (Phi) is 41.5. The molecule has 0 bridgehead atoms. The SMILES string of the molecule is CCCCC/C=C\C/C=C\C/C=C\CCCCCCCCCOCC(COP(=O)([O-])OCC[N+](C)(C)C)OC(=O)CCCCCCCCCCCCCCCCCC. The standard InChI is InChI=1S/C49H94NO7P/c1-6-8-10-12-14-16-18-20-22-24-25-26-27-29-31-33-35-37-39-41-44-54-46-48(47-56-58(52,53)55-45-43-50(3,4)5)57-49(51)42-40-38-36-34-32-30-28-23-21-19-17-15-13-11-9-7-2/h14,16,20,22,25-26,48H,6-13,15,17-19,21,23-24,27-47H2,1-5H3/b16-14-,22-20-,26-25-. The van der Waals surface area contributed by atoms with Gasteiger partial charge in [0.1, 0.15) is 19.3 Å². The van der Waals surface area contributed by atoms with E-state index in [0.717, 1.165) is 51.4 Å². The molecule has 2 unspecified atom stereocenters. The first kappa shape index (κ1) is 56.7. The number of hydrogen-bond acceptors (Lipinski definition) is 7. The van der Waals surface area contributed by atoms with Gasteiger partial charge in [-0.2, -0.15) is 0 Å². The predicted molar refractivity (Wildman–Crippen MR) is 245 cm³/mol. The normalized spacial score (nSPS) is 14.0. The molecule has 0 aliphatic heterocycles. The van der Waals surface area contributed by atoms with Gasteiger partial charge in [-0.05, 0) is 51.4 Å². The van der Waals surface area contributed by atoms with Gasteiger partial charge in [0.25, 0.3) is 7.82 Å². The minimum atomic E-state index is -4.53. The Morgan fingerprint density at radius 3 is 1.45 bits per heavy atom. The number of quaternary nitrogens is 1. The predicted octanol–water partition coefficient (Wildman–Crippen LogP) is 13.9. The lowest BCUT2D eigenvalue weighted by Crippen LogP contribution is -2.37. The zero-order valence-electron chi connectivity index (χ0n) is 38.7. The number of carbonyl (C=O) groups is 1. The highest BCUT2D eigenvalue weighted by Crippen LogP contribution is 2.38. The zero-order chi connectivity index (χ0) is 42.7. The van der Waals surface area contributed by atoms with Crippen LogP contribution in [0.25, 0.3) is 0 Å². The average molecular weight is 840 g/mol. The van der Waals surface area contributed by atoms with Crippen molar-refractivity contribution in [2.75, 3.05) is 54.1 Å². The first-order valence-electron chi connectivity index (χ1n) is 24.2. The van der Waals surface area contributed by atoms with Crippen molar-refractivity contribution in [1.29, 1.82) is 0 Å². The van der Waals surface area contributed by atoms with E-state index >= 15 is 0 Å². The van der Waals surface area contributed by atoms with Gasteiger partial charge in [0.15, 0.2) is 0 Å². The van der Waals surface area contributed by atoms with E-state index in [0.29, 0.717) is 24.1 Å². The van der Waals surface area contributed by atoms with Crippen LogP contribution in [0.15, 0.2) is 36.5 Å². The van der Waals surface area contributed by atoms with E-state index in [1.165, 1.54) is 141 Å². The monoisotopic (exact) mass is 840 g/mol.